The molecule has 1 heterocycles. The molecule has 176 valence electrons. The fourth-order valence-electron chi connectivity index (χ4n) is 3.23. The predicted molar refractivity (Wildman–Crippen MR) is 130 cm³/mol. The molecule has 0 bridgehead atoms. The number of carbonyl (C=O) groups is 2. The molecule has 0 saturated heterocycles. The largest absolute Gasteiger partial charge is 0.476 e. The average Bonchev–Trinajstić information content (AvgIpc) is 2.84. The normalized spacial score (nSPS) is 11.9. The molecule has 3 aromatic rings. The van der Waals surface area contributed by atoms with Crippen LogP contribution in [0.5, 0.6) is 5.75 Å². The average molecular weight is 480 g/mol. The molecule has 0 saturated carbocycles. The number of halogens is 1. The van der Waals surface area contributed by atoms with Gasteiger partial charge in [-0.3, -0.25) is 4.98 Å². The number of rotatable bonds is 10. The van der Waals surface area contributed by atoms with Crippen molar-refractivity contribution in [3.63, 3.8) is 0 Å². The molecule has 0 unspecified atom stereocenters. The van der Waals surface area contributed by atoms with E-state index in [0.29, 0.717) is 16.3 Å². The van der Waals surface area contributed by atoms with Gasteiger partial charge < -0.3 is 14.2 Å². The highest BCUT2D eigenvalue weighted by molar-refractivity contribution is 6.30. The summed E-state index contributed by atoms with van der Waals surface area (Å²) >= 11 is 5.86. The van der Waals surface area contributed by atoms with Crippen LogP contribution in [0.2, 0.25) is 5.02 Å². The van der Waals surface area contributed by atoms with Crippen LogP contribution in [0.4, 0.5) is 0 Å². The predicted octanol–water partition coefficient (Wildman–Crippen LogP) is 5.61. The zero-order chi connectivity index (χ0) is 24.6. The van der Waals surface area contributed by atoms with E-state index in [4.69, 9.17) is 25.8 Å². The van der Waals surface area contributed by atoms with Gasteiger partial charge >= 0.3 is 11.9 Å². The van der Waals surface area contributed by atoms with Crippen molar-refractivity contribution in [2.45, 2.75) is 25.4 Å². The van der Waals surface area contributed by atoms with E-state index in [9.17, 15) is 9.59 Å². The lowest BCUT2D eigenvalue weighted by atomic mass is 9.92. The number of allylic oxidation sites excluding steroid dienone is 1. The van der Waals surface area contributed by atoms with Crippen LogP contribution in [0.1, 0.15) is 41.3 Å². The molecular formula is C27H26ClNO5. The second-order valence-electron chi connectivity index (χ2n) is 7.97. The first-order chi connectivity index (χ1) is 16.3. The number of hydrogen-bond acceptors (Lipinski definition) is 6. The number of esters is 2. The number of ether oxygens (including phenoxy) is 3. The Labute approximate surface area is 204 Å². The van der Waals surface area contributed by atoms with E-state index >= 15 is 0 Å². The standard InChI is InChI=1S/C27H26ClNO5/c1-4-24(19-8-6-5-7-9-19)20-16-21(18-29-17-20)25(30)32-14-15-33-26(31)27(2,3)34-23-12-10-22(28)11-13-23/h4-13,16-18,24H,1,14-15H2,2-3H3/t24-/m1/s1. The van der Waals surface area contributed by atoms with Gasteiger partial charge in [-0.15, -0.1) is 6.58 Å². The smallest absolute Gasteiger partial charge is 0.350 e. The molecule has 0 radical (unpaired) electrons. The SMILES string of the molecule is C=C[C@H](c1ccccc1)c1cncc(C(=O)OCCOC(=O)C(C)(C)Oc2ccc(Cl)cc2)c1. The Morgan fingerprint density at radius 2 is 1.68 bits per heavy atom. The summed E-state index contributed by atoms with van der Waals surface area (Å²) in [4.78, 5) is 29.1. The van der Waals surface area contributed by atoms with Crippen LogP contribution in [-0.2, 0) is 14.3 Å². The molecule has 0 amide bonds. The summed E-state index contributed by atoms with van der Waals surface area (Å²) < 4.78 is 16.2. The number of pyridine rings is 1. The zero-order valence-electron chi connectivity index (χ0n) is 19.1. The second-order valence-corrected chi connectivity index (χ2v) is 8.41. The van der Waals surface area contributed by atoms with Gasteiger partial charge in [0.1, 0.15) is 19.0 Å². The van der Waals surface area contributed by atoms with Crippen molar-refractivity contribution < 1.29 is 23.8 Å². The molecular weight excluding hydrogens is 454 g/mol. The van der Waals surface area contributed by atoms with Gasteiger partial charge in [0.15, 0.2) is 5.60 Å². The van der Waals surface area contributed by atoms with Gasteiger partial charge in [0.25, 0.3) is 0 Å². The molecule has 0 aliphatic heterocycles. The molecule has 0 aliphatic rings. The Bertz CT molecular complexity index is 1130. The van der Waals surface area contributed by atoms with Gasteiger partial charge in [-0.25, -0.2) is 9.59 Å². The summed E-state index contributed by atoms with van der Waals surface area (Å²) in [5, 5.41) is 0.565. The minimum absolute atomic E-state index is 0.102. The van der Waals surface area contributed by atoms with Gasteiger partial charge in [0.05, 0.1) is 5.56 Å². The highest BCUT2D eigenvalue weighted by Crippen LogP contribution is 2.26. The maximum absolute atomic E-state index is 12.5. The van der Waals surface area contributed by atoms with E-state index < -0.39 is 17.5 Å². The monoisotopic (exact) mass is 479 g/mol. The molecule has 7 heteroatoms. The van der Waals surface area contributed by atoms with Gasteiger partial charge in [0, 0.05) is 23.3 Å². The Balaban J connectivity index is 1.52. The summed E-state index contributed by atoms with van der Waals surface area (Å²) in [6.07, 6.45) is 4.93. The van der Waals surface area contributed by atoms with E-state index in [2.05, 4.69) is 11.6 Å². The molecule has 6 nitrogen and oxygen atoms in total. The van der Waals surface area contributed by atoms with E-state index in [1.807, 2.05) is 30.3 Å². The Kier molecular flexibility index (Phi) is 8.44. The van der Waals surface area contributed by atoms with E-state index in [-0.39, 0.29) is 19.1 Å². The lowest BCUT2D eigenvalue weighted by molar-refractivity contribution is -0.160. The molecule has 0 fully saturated rings. The van der Waals surface area contributed by atoms with Crippen LogP contribution in [0.15, 0.2) is 85.7 Å². The minimum atomic E-state index is -1.23. The fraction of sp³-hybridized carbons (Fsp3) is 0.222. The molecule has 0 aliphatic carbocycles. The van der Waals surface area contributed by atoms with Crippen LogP contribution >= 0.6 is 11.6 Å². The van der Waals surface area contributed by atoms with Crippen LogP contribution in [0.3, 0.4) is 0 Å². The van der Waals surface area contributed by atoms with Crippen LogP contribution in [-0.4, -0.2) is 35.7 Å². The highest BCUT2D eigenvalue weighted by Gasteiger charge is 2.32. The van der Waals surface area contributed by atoms with Crippen LogP contribution in [0, 0.1) is 0 Å². The van der Waals surface area contributed by atoms with Gasteiger partial charge in [0.2, 0.25) is 0 Å². The van der Waals surface area contributed by atoms with Crippen molar-refractivity contribution in [1.82, 2.24) is 4.98 Å². The van der Waals surface area contributed by atoms with Crippen LogP contribution < -0.4 is 4.74 Å². The maximum atomic E-state index is 12.5. The number of aromatic nitrogens is 1. The first-order valence-electron chi connectivity index (χ1n) is 10.7. The Hall–Kier alpha value is -3.64. The molecule has 0 spiro atoms. The van der Waals surface area contributed by atoms with E-state index in [1.54, 1.807) is 56.5 Å². The molecule has 1 atom stereocenters. The summed E-state index contributed by atoms with van der Waals surface area (Å²) in [5.74, 6) is -0.763. The van der Waals surface area contributed by atoms with E-state index in [0.717, 1.165) is 11.1 Å². The zero-order valence-corrected chi connectivity index (χ0v) is 19.8. The quantitative estimate of drug-likeness (QED) is 0.214. The highest BCUT2D eigenvalue weighted by atomic mass is 35.5. The van der Waals surface area contributed by atoms with Crippen molar-refractivity contribution >= 4 is 23.5 Å². The molecule has 34 heavy (non-hydrogen) atoms. The molecule has 2 aromatic carbocycles. The van der Waals surface area contributed by atoms with Crippen molar-refractivity contribution in [2.75, 3.05) is 13.2 Å². The topological polar surface area (TPSA) is 74.7 Å². The third kappa shape index (κ3) is 6.68. The van der Waals surface area contributed by atoms with Gasteiger partial charge in [-0.2, -0.15) is 0 Å². The van der Waals surface area contributed by atoms with Gasteiger partial charge in [-0.1, -0.05) is 48.0 Å². The number of benzene rings is 2. The maximum Gasteiger partial charge on any atom is 0.350 e. The first kappa shape index (κ1) is 25.0. The Morgan fingerprint density at radius 3 is 2.35 bits per heavy atom. The number of hydrogen-bond donors (Lipinski definition) is 0. The lowest BCUT2D eigenvalue weighted by Gasteiger charge is -2.24. The fourth-order valence-corrected chi connectivity index (χ4v) is 3.36. The van der Waals surface area contributed by atoms with E-state index in [1.165, 1.54) is 6.20 Å². The van der Waals surface area contributed by atoms with Crippen molar-refractivity contribution in [3.8, 4) is 5.75 Å². The molecule has 3 rings (SSSR count). The Morgan fingerprint density at radius 1 is 1.00 bits per heavy atom. The summed E-state index contributed by atoms with van der Waals surface area (Å²) in [7, 11) is 0. The summed E-state index contributed by atoms with van der Waals surface area (Å²) in [6.45, 7) is 6.88. The number of carbonyl (C=O) groups excluding carboxylic acids is 2. The summed E-state index contributed by atoms with van der Waals surface area (Å²) in [6, 6.07) is 18.2. The first-order valence-corrected chi connectivity index (χ1v) is 11.1. The van der Waals surface area contributed by atoms with Crippen molar-refractivity contribution in [3.05, 3.63) is 107 Å². The third-order valence-corrected chi connectivity index (χ3v) is 5.23. The lowest BCUT2D eigenvalue weighted by Crippen LogP contribution is -2.40. The second kappa shape index (κ2) is 11.5. The third-order valence-electron chi connectivity index (χ3n) is 4.98. The molecule has 1 aromatic heterocycles. The van der Waals surface area contributed by atoms with Crippen molar-refractivity contribution in [1.29, 1.82) is 0 Å². The number of nitrogens with zero attached hydrogens (tertiary/aromatic N) is 1. The van der Waals surface area contributed by atoms with Crippen LogP contribution in [0.25, 0.3) is 0 Å². The minimum Gasteiger partial charge on any atom is -0.476 e. The molecule has 0 N–H and O–H groups in total. The van der Waals surface area contributed by atoms with Gasteiger partial charge in [-0.05, 0) is 55.3 Å². The summed E-state index contributed by atoms with van der Waals surface area (Å²) in [5.41, 5.74) is 0.939. The van der Waals surface area contributed by atoms with Crippen molar-refractivity contribution in [2.24, 2.45) is 0 Å².